The van der Waals surface area contributed by atoms with Gasteiger partial charge in [-0.3, -0.25) is 0 Å². The van der Waals surface area contributed by atoms with Crippen LogP contribution in [0.5, 0.6) is 0 Å². The van der Waals surface area contributed by atoms with Crippen LogP contribution in [0.3, 0.4) is 0 Å². The predicted octanol–water partition coefficient (Wildman–Crippen LogP) is 2.54. The minimum Gasteiger partial charge on any atom is -0.306 e. The van der Waals surface area contributed by atoms with E-state index in [2.05, 4.69) is 26.1 Å². The van der Waals surface area contributed by atoms with Gasteiger partial charge in [0.2, 0.25) is 0 Å². The van der Waals surface area contributed by atoms with E-state index in [1.807, 2.05) is 12.1 Å². The van der Waals surface area contributed by atoms with Gasteiger partial charge in [0.25, 0.3) is 0 Å². The summed E-state index contributed by atoms with van der Waals surface area (Å²) in [5.74, 6) is 0.730. The first-order valence-electron chi connectivity index (χ1n) is 6.53. The molecule has 2 rings (SSSR count). The van der Waals surface area contributed by atoms with E-state index >= 15 is 0 Å². The first kappa shape index (κ1) is 13.6. The Morgan fingerprint density at radius 2 is 2.00 bits per heavy atom. The lowest BCUT2D eigenvalue weighted by Crippen LogP contribution is -2.35. The maximum Gasteiger partial charge on any atom is 0.180 e. The summed E-state index contributed by atoms with van der Waals surface area (Å²) in [4.78, 5) is 0.499. The van der Waals surface area contributed by atoms with Crippen molar-refractivity contribution in [3.63, 3.8) is 0 Å². The molecule has 4 heteroatoms. The molecule has 0 amide bonds. The molecule has 1 aromatic carbocycles. The van der Waals surface area contributed by atoms with E-state index in [0.717, 1.165) is 12.0 Å². The molecule has 0 saturated heterocycles. The van der Waals surface area contributed by atoms with E-state index in [1.54, 1.807) is 12.1 Å². The Balaban J connectivity index is 2.23. The zero-order valence-electron chi connectivity index (χ0n) is 11.2. The minimum absolute atomic E-state index is 0.0600. The molecule has 0 aromatic heterocycles. The predicted molar refractivity (Wildman–Crippen MR) is 73.3 cm³/mol. The number of hydrogen-bond donors (Lipinski definition) is 1. The smallest absolute Gasteiger partial charge is 0.180 e. The summed E-state index contributed by atoms with van der Waals surface area (Å²) in [7, 11) is -3.10. The summed E-state index contributed by atoms with van der Waals surface area (Å²) < 4.78 is 24.1. The highest BCUT2D eigenvalue weighted by Gasteiger charge is 2.35. The Labute approximate surface area is 110 Å². The van der Waals surface area contributed by atoms with E-state index in [-0.39, 0.29) is 11.8 Å². The van der Waals surface area contributed by atoms with Crippen LogP contribution in [0.4, 0.5) is 0 Å². The number of sulfone groups is 1. The van der Waals surface area contributed by atoms with Crippen LogP contribution in [0.25, 0.3) is 0 Å². The van der Waals surface area contributed by atoms with Gasteiger partial charge in [-0.05, 0) is 24.5 Å². The molecule has 1 aromatic rings. The summed E-state index contributed by atoms with van der Waals surface area (Å²) in [5.41, 5.74) is 0.924. The highest BCUT2D eigenvalue weighted by Crippen LogP contribution is 2.33. The van der Waals surface area contributed by atoms with Crippen LogP contribution in [0.1, 0.15) is 38.8 Å². The van der Waals surface area contributed by atoms with Gasteiger partial charge in [-0.25, -0.2) is 8.42 Å². The van der Waals surface area contributed by atoms with Crippen molar-refractivity contribution >= 4 is 9.84 Å². The summed E-state index contributed by atoms with van der Waals surface area (Å²) in [6.07, 6.45) is 1.09. The molecule has 0 fully saturated rings. The van der Waals surface area contributed by atoms with Gasteiger partial charge in [0.05, 0.1) is 10.6 Å². The molecule has 0 bridgehead atoms. The van der Waals surface area contributed by atoms with Crippen molar-refractivity contribution < 1.29 is 8.42 Å². The molecule has 3 atom stereocenters. The molecule has 0 saturated carbocycles. The van der Waals surface area contributed by atoms with Crippen molar-refractivity contribution in [2.45, 2.75) is 44.2 Å². The van der Waals surface area contributed by atoms with Gasteiger partial charge in [-0.1, -0.05) is 38.5 Å². The second-order valence-electron chi connectivity index (χ2n) is 5.21. The maximum absolute atomic E-state index is 12.0. The molecule has 3 nitrogen and oxygen atoms in total. The molecule has 3 unspecified atom stereocenters. The van der Waals surface area contributed by atoms with Gasteiger partial charge >= 0.3 is 0 Å². The van der Waals surface area contributed by atoms with Gasteiger partial charge in [0.15, 0.2) is 9.84 Å². The normalized spacial score (nSPS) is 24.5. The third kappa shape index (κ3) is 2.45. The van der Waals surface area contributed by atoms with Crippen LogP contribution in [-0.2, 0) is 9.84 Å². The molecular formula is C14H21NO2S. The molecule has 0 spiro atoms. The van der Waals surface area contributed by atoms with Crippen LogP contribution in [0.2, 0.25) is 0 Å². The fourth-order valence-electron chi connectivity index (χ4n) is 2.42. The highest BCUT2D eigenvalue weighted by atomic mass is 32.2. The van der Waals surface area contributed by atoms with E-state index < -0.39 is 9.84 Å². The average Bonchev–Trinajstić information content (AvgIpc) is 2.61. The monoisotopic (exact) mass is 267 g/mol. The van der Waals surface area contributed by atoms with E-state index in [9.17, 15) is 8.42 Å². The van der Waals surface area contributed by atoms with Crippen LogP contribution < -0.4 is 5.32 Å². The van der Waals surface area contributed by atoms with Crippen molar-refractivity contribution in [1.29, 1.82) is 0 Å². The SMILES string of the molecule is CCC(C)C(C)NC1CS(=O)(=O)c2ccccc21. The van der Waals surface area contributed by atoms with Crippen molar-refractivity contribution in [2.75, 3.05) is 5.75 Å². The number of benzene rings is 1. The lowest BCUT2D eigenvalue weighted by molar-refractivity contribution is 0.362. The largest absolute Gasteiger partial charge is 0.306 e. The highest BCUT2D eigenvalue weighted by molar-refractivity contribution is 7.91. The summed E-state index contributed by atoms with van der Waals surface area (Å²) in [6, 6.07) is 7.58. The van der Waals surface area contributed by atoms with Gasteiger partial charge < -0.3 is 5.32 Å². The van der Waals surface area contributed by atoms with Gasteiger partial charge in [-0.2, -0.15) is 0 Å². The number of hydrogen-bond acceptors (Lipinski definition) is 3. The Morgan fingerprint density at radius 3 is 2.67 bits per heavy atom. The summed E-state index contributed by atoms with van der Waals surface area (Å²) in [6.45, 7) is 6.47. The topological polar surface area (TPSA) is 46.2 Å². The first-order chi connectivity index (χ1) is 8.45. The number of nitrogens with one attached hydrogen (secondary N) is 1. The molecule has 1 N–H and O–H groups in total. The van der Waals surface area contributed by atoms with Gasteiger partial charge in [-0.15, -0.1) is 0 Å². The van der Waals surface area contributed by atoms with E-state index in [0.29, 0.717) is 16.9 Å². The third-order valence-corrected chi connectivity index (χ3v) is 5.79. The van der Waals surface area contributed by atoms with Crippen molar-refractivity contribution in [1.82, 2.24) is 5.32 Å². The molecule has 1 aliphatic heterocycles. The molecule has 1 heterocycles. The second kappa shape index (κ2) is 5.02. The molecular weight excluding hydrogens is 246 g/mol. The average molecular weight is 267 g/mol. The lowest BCUT2D eigenvalue weighted by Gasteiger charge is -2.24. The molecule has 100 valence electrons. The number of rotatable bonds is 4. The third-order valence-electron chi connectivity index (χ3n) is 3.98. The van der Waals surface area contributed by atoms with Gasteiger partial charge in [0.1, 0.15) is 0 Å². The van der Waals surface area contributed by atoms with Crippen LogP contribution in [0, 0.1) is 5.92 Å². The maximum atomic E-state index is 12.0. The lowest BCUT2D eigenvalue weighted by atomic mass is 9.99. The summed E-state index contributed by atoms with van der Waals surface area (Å²) >= 11 is 0. The molecule has 18 heavy (non-hydrogen) atoms. The van der Waals surface area contributed by atoms with Crippen LogP contribution in [-0.4, -0.2) is 20.2 Å². The fraction of sp³-hybridized carbons (Fsp3) is 0.571. The first-order valence-corrected chi connectivity index (χ1v) is 8.18. The van der Waals surface area contributed by atoms with E-state index in [1.165, 1.54) is 0 Å². The molecule has 1 aliphatic rings. The fourth-order valence-corrected chi connectivity index (χ4v) is 4.17. The minimum atomic E-state index is -3.10. The van der Waals surface area contributed by atoms with E-state index in [4.69, 9.17) is 0 Å². The molecule has 0 radical (unpaired) electrons. The molecule has 0 aliphatic carbocycles. The van der Waals surface area contributed by atoms with Crippen molar-refractivity contribution in [3.8, 4) is 0 Å². The Bertz CT molecular complexity index is 524. The van der Waals surface area contributed by atoms with Crippen LogP contribution in [0.15, 0.2) is 29.2 Å². The Hall–Kier alpha value is -0.870. The zero-order valence-corrected chi connectivity index (χ0v) is 12.0. The van der Waals surface area contributed by atoms with Gasteiger partial charge in [0, 0.05) is 12.1 Å². The Kier molecular flexibility index (Phi) is 3.78. The second-order valence-corrected chi connectivity index (χ2v) is 7.22. The zero-order chi connectivity index (χ0) is 13.3. The Morgan fingerprint density at radius 1 is 1.33 bits per heavy atom. The van der Waals surface area contributed by atoms with Crippen molar-refractivity contribution in [2.24, 2.45) is 5.92 Å². The quantitative estimate of drug-likeness (QED) is 0.912. The standard InChI is InChI=1S/C14H21NO2S/c1-4-10(2)11(3)15-13-9-18(16,17)14-8-6-5-7-12(13)14/h5-8,10-11,13,15H,4,9H2,1-3H3. The summed E-state index contributed by atoms with van der Waals surface area (Å²) in [5, 5.41) is 3.46. The number of fused-ring (bicyclic) bond motifs is 1. The van der Waals surface area contributed by atoms with Crippen molar-refractivity contribution in [3.05, 3.63) is 29.8 Å². The van der Waals surface area contributed by atoms with Crippen LogP contribution >= 0.6 is 0 Å².